The average Bonchev–Trinajstić information content (AvgIpc) is 3.04. The maximum Gasteiger partial charge on any atom is 0.283 e. The second kappa shape index (κ2) is 8.75. The number of carbonyl (C=O) groups is 1. The third-order valence-electron chi connectivity index (χ3n) is 5.18. The number of aromatic nitrogens is 2. The standard InChI is InChI=1S/C23H28ClN3O4S/c1-13(2)32(29,30)27-22(28)18-9-7-8-14(25-18)10-16-15-11-17(24)20(31-6)12-19(15)26-21(16)23(3,4)5/h7-9,11-13,26H,10H2,1-6H3,(H,27,28). The van der Waals surface area contributed by atoms with Gasteiger partial charge in [-0.15, -0.1) is 0 Å². The number of hydrogen-bond acceptors (Lipinski definition) is 5. The number of carbonyl (C=O) groups excluding carboxylic acids is 1. The number of halogens is 1. The summed E-state index contributed by atoms with van der Waals surface area (Å²) in [6.45, 7) is 9.33. The van der Waals surface area contributed by atoms with Gasteiger partial charge in [0.2, 0.25) is 10.0 Å². The normalized spacial score (nSPS) is 12.4. The Morgan fingerprint density at radius 3 is 2.53 bits per heavy atom. The molecule has 0 aliphatic heterocycles. The fraction of sp³-hybridized carbons (Fsp3) is 0.391. The third-order valence-corrected chi connectivity index (χ3v) is 7.19. The van der Waals surface area contributed by atoms with Gasteiger partial charge in [-0.05, 0) is 37.6 Å². The second-order valence-corrected chi connectivity index (χ2v) is 11.6. The smallest absolute Gasteiger partial charge is 0.283 e. The van der Waals surface area contributed by atoms with Crippen LogP contribution in [0, 0.1) is 0 Å². The SMILES string of the molecule is COc1cc2[nH]c(C(C)(C)C)c(Cc3cccc(C(=O)NS(=O)(=O)C(C)C)n3)c2cc1Cl. The van der Waals surface area contributed by atoms with Crippen LogP contribution in [0.2, 0.25) is 5.02 Å². The molecule has 0 saturated carbocycles. The van der Waals surface area contributed by atoms with Crippen molar-refractivity contribution in [1.82, 2.24) is 14.7 Å². The van der Waals surface area contributed by atoms with Gasteiger partial charge in [-0.2, -0.15) is 0 Å². The molecule has 0 radical (unpaired) electrons. The van der Waals surface area contributed by atoms with E-state index < -0.39 is 21.2 Å². The molecule has 32 heavy (non-hydrogen) atoms. The largest absolute Gasteiger partial charge is 0.495 e. The van der Waals surface area contributed by atoms with E-state index in [1.54, 1.807) is 13.2 Å². The van der Waals surface area contributed by atoms with Crippen LogP contribution in [0.5, 0.6) is 5.75 Å². The van der Waals surface area contributed by atoms with Crippen molar-refractivity contribution in [3.63, 3.8) is 0 Å². The number of H-pyrrole nitrogens is 1. The van der Waals surface area contributed by atoms with Gasteiger partial charge in [0.1, 0.15) is 11.4 Å². The van der Waals surface area contributed by atoms with E-state index in [0.717, 1.165) is 22.2 Å². The molecular formula is C23H28ClN3O4S. The molecule has 1 amide bonds. The highest BCUT2D eigenvalue weighted by Gasteiger charge is 2.25. The van der Waals surface area contributed by atoms with Crippen LogP contribution in [0.15, 0.2) is 30.3 Å². The van der Waals surface area contributed by atoms with Gasteiger partial charge in [0.05, 0.1) is 17.4 Å². The number of pyridine rings is 1. The van der Waals surface area contributed by atoms with Gasteiger partial charge in [0.15, 0.2) is 0 Å². The number of rotatable bonds is 6. The van der Waals surface area contributed by atoms with E-state index in [1.165, 1.54) is 19.9 Å². The number of aromatic amines is 1. The molecule has 0 aliphatic rings. The van der Waals surface area contributed by atoms with Gasteiger partial charge < -0.3 is 9.72 Å². The van der Waals surface area contributed by atoms with Crippen LogP contribution in [-0.2, 0) is 21.9 Å². The molecule has 0 saturated heterocycles. The Bertz CT molecular complexity index is 1270. The Kier molecular flexibility index (Phi) is 6.58. The molecule has 0 aliphatic carbocycles. The number of methoxy groups -OCH3 is 1. The van der Waals surface area contributed by atoms with E-state index in [-0.39, 0.29) is 11.1 Å². The van der Waals surface area contributed by atoms with Gasteiger partial charge in [0.25, 0.3) is 5.91 Å². The molecule has 0 unspecified atom stereocenters. The van der Waals surface area contributed by atoms with Gasteiger partial charge in [-0.1, -0.05) is 38.4 Å². The molecule has 3 rings (SSSR count). The van der Waals surface area contributed by atoms with E-state index >= 15 is 0 Å². The van der Waals surface area contributed by atoms with Crippen LogP contribution in [0.1, 0.15) is 62.1 Å². The van der Waals surface area contributed by atoms with Gasteiger partial charge in [-0.3, -0.25) is 4.79 Å². The lowest BCUT2D eigenvalue weighted by molar-refractivity contribution is 0.0976. The number of fused-ring (bicyclic) bond motifs is 1. The monoisotopic (exact) mass is 477 g/mol. The quantitative estimate of drug-likeness (QED) is 0.541. The first-order valence-electron chi connectivity index (χ1n) is 10.2. The number of nitrogens with one attached hydrogen (secondary N) is 2. The highest BCUT2D eigenvalue weighted by molar-refractivity contribution is 7.90. The van der Waals surface area contributed by atoms with Crippen LogP contribution in [0.4, 0.5) is 0 Å². The van der Waals surface area contributed by atoms with Crippen molar-refractivity contribution < 1.29 is 17.9 Å². The topological polar surface area (TPSA) is 101 Å². The predicted molar refractivity (Wildman–Crippen MR) is 127 cm³/mol. The summed E-state index contributed by atoms with van der Waals surface area (Å²) in [4.78, 5) is 20.4. The number of hydrogen-bond donors (Lipinski definition) is 2. The molecule has 2 aromatic heterocycles. The summed E-state index contributed by atoms with van der Waals surface area (Å²) in [6, 6.07) is 8.73. The van der Waals surface area contributed by atoms with Crippen molar-refractivity contribution in [2.75, 3.05) is 7.11 Å². The average molecular weight is 478 g/mol. The lowest BCUT2D eigenvalue weighted by atomic mass is 9.87. The van der Waals surface area contributed by atoms with Crippen molar-refractivity contribution in [2.24, 2.45) is 0 Å². The molecule has 172 valence electrons. The third kappa shape index (κ3) is 4.91. The summed E-state index contributed by atoms with van der Waals surface area (Å²) in [5, 5.41) is 0.720. The Balaban J connectivity index is 2.03. The minimum Gasteiger partial charge on any atom is -0.495 e. The summed E-state index contributed by atoms with van der Waals surface area (Å²) in [5.74, 6) is -0.168. The number of amides is 1. The lowest BCUT2D eigenvalue weighted by Gasteiger charge is -2.19. The van der Waals surface area contributed by atoms with Crippen molar-refractivity contribution >= 4 is 38.4 Å². The van der Waals surface area contributed by atoms with Crippen molar-refractivity contribution in [3.05, 3.63) is 58.0 Å². The zero-order valence-electron chi connectivity index (χ0n) is 19.0. The van der Waals surface area contributed by atoms with E-state index in [9.17, 15) is 13.2 Å². The summed E-state index contributed by atoms with van der Waals surface area (Å²) in [7, 11) is -2.17. The fourth-order valence-corrected chi connectivity index (χ4v) is 4.26. The highest BCUT2D eigenvalue weighted by Crippen LogP contribution is 2.37. The highest BCUT2D eigenvalue weighted by atomic mass is 35.5. The van der Waals surface area contributed by atoms with Crippen molar-refractivity contribution in [1.29, 1.82) is 0 Å². The van der Waals surface area contributed by atoms with E-state index in [4.69, 9.17) is 16.3 Å². The van der Waals surface area contributed by atoms with Crippen LogP contribution < -0.4 is 9.46 Å². The first-order chi connectivity index (χ1) is 14.8. The summed E-state index contributed by atoms with van der Waals surface area (Å²) < 4.78 is 31.5. The zero-order valence-corrected chi connectivity index (χ0v) is 20.6. The molecule has 9 heteroatoms. The Labute approximate surface area is 193 Å². The molecule has 7 nitrogen and oxygen atoms in total. The van der Waals surface area contributed by atoms with Crippen LogP contribution in [0.3, 0.4) is 0 Å². The Morgan fingerprint density at radius 1 is 1.25 bits per heavy atom. The fourth-order valence-electron chi connectivity index (χ4n) is 3.42. The zero-order chi connectivity index (χ0) is 23.8. The molecule has 3 aromatic rings. The van der Waals surface area contributed by atoms with Gasteiger partial charge >= 0.3 is 0 Å². The lowest BCUT2D eigenvalue weighted by Crippen LogP contribution is -2.36. The van der Waals surface area contributed by atoms with E-state index in [2.05, 4.69) is 35.5 Å². The van der Waals surface area contributed by atoms with Crippen LogP contribution in [-0.4, -0.2) is 36.7 Å². The molecular weight excluding hydrogens is 450 g/mol. The first-order valence-corrected chi connectivity index (χ1v) is 12.2. The van der Waals surface area contributed by atoms with Gasteiger partial charge in [0, 0.05) is 40.2 Å². The number of ether oxygens (including phenoxy) is 1. The second-order valence-electron chi connectivity index (χ2n) is 8.98. The van der Waals surface area contributed by atoms with Crippen molar-refractivity contribution in [3.8, 4) is 5.75 Å². The number of sulfonamides is 1. The minimum atomic E-state index is -3.75. The molecule has 0 atom stereocenters. The summed E-state index contributed by atoms with van der Waals surface area (Å²) >= 11 is 6.39. The maximum absolute atomic E-state index is 12.5. The first kappa shape index (κ1) is 24.1. The summed E-state index contributed by atoms with van der Waals surface area (Å²) in [5.41, 5.74) is 3.42. The van der Waals surface area contributed by atoms with E-state index in [1.807, 2.05) is 18.2 Å². The number of nitrogens with zero attached hydrogens (tertiary/aromatic N) is 1. The Hall–Kier alpha value is -2.58. The van der Waals surface area contributed by atoms with Gasteiger partial charge in [-0.25, -0.2) is 18.1 Å². The predicted octanol–water partition coefficient (Wildman–Crippen LogP) is 4.58. The van der Waals surface area contributed by atoms with Crippen molar-refractivity contribution in [2.45, 2.75) is 51.7 Å². The molecule has 2 N–H and O–H groups in total. The van der Waals surface area contributed by atoms with Crippen LogP contribution >= 0.6 is 11.6 Å². The maximum atomic E-state index is 12.5. The molecule has 0 fully saturated rings. The minimum absolute atomic E-state index is 0.0450. The summed E-state index contributed by atoms with van der Waals surface area (Å²) in [6.07, 6.45) is 0.438. The molecule has 2 heterocycles. The Morgan fingerprint density at radius 2 is 1.94 bits per heavy atom. The number of benzene rings is 1. The molecule has 0 bridgehead atoms. The van der Waals surface area contributed by atoms with Crippen LogP contribution in [0.25, 0.3) is 10.9 Å². The molecule has 1 aromatic carbocycles. The van der Waals surface area contributed by atoms with E-state index in [0.29, 0.717) is 22.9 Å². The molecule has 0 spiro atoms.